The lowest BCUT2D eigenvalue weighted by atomic mass is 10.1. The van der Waals surface area contributed by atoms with E-state index in [2.05, 4.69) is 11.9 Å². The fourth-order valence-corrected chi connectivity index (χ4v) is 3.76. The van der Waals surface area contributed by atoms with Gasteiger partial charge in [-0.15, -0.1) is 11.3 Å². The third-order valence-corrected chi connectivity index (χ3v) is 5.26. The summed E-state index contributed by atoms with van der Waals surface area (Å²) in [5, 5.41) is 0.925. The minimum absolute atomic E-state index is 0.0176. The van der Waals surface area contributed by atoms with E-state index in [1.54, 1.807) is 11.1 Å². The van der Waals surface area contributed by atoms with Gasteiger partial charge in [0.05, 0.1) is 5.69 Å². The minimum atomic E-state index is 0.0176. The number of nitrogens with two attached hydrogens (primary N) is 1. The first-order valence-electron chi connectivity index (χ1n) is 6.88. The van der Waals surface area contributed by atoms with Crippen LogP contribution < -0.4 is 5.73 Å². The van der Waals surface area contributed by atoms with Crippen LogP contribution in [0.5, 0.6) is 0 Å². The van der Waals surface area contributed by atoms with Gasteiger partial charge in [0.1, 0.15) is 9.71 Å². The molecule has 106 valence electrons. The second kappa shape index (κ2) is 4.74. The highest BCUT2D eigenvalue weighted by Crippen LogP contribution is 2.39. The van der Waals surface area contributed by atoms with Crippen LogP contribution in [0.2, 0.25) is 0 Å². The van der Waals surface area contributed by atoms with Crippen LogP contribution >= 0.6 is 11.3 Å². The third-order valence-electron chi connectivity index (χ3n) is 4.16. The molecule has 2 aromatic heterocycles. The van der Waals surface area contributed by atoms with E-state index in [0.29, 0.717) is 16.5 Å². The fraction of sp³-hybridized carbons (Fsp3) is 0.467. The maximum atomic E-state index is 12.5. The van der Waals surface area contributed by atoms with Gasteiger partial charge < -0.3 is 10.6 Å². The molecule has 1 fully saturated rings. The fourth-order valence-electron chi connectivity index (χ4n) is 2.62. The van der Waals surface area contributed by atoms with Crippen LogP contribution in [0.3, 0.4) is 0 Å². The molecule has 1 aliphatic carbocycles. The molecule has 0 aromatic carbocycles. The maximum absolute atomic E-state index is 12.5. The summed E-state index contributed by atoms with van der Waals surface area (Å²) in [7, 11) is 1.86. The van der Waals surface area contributed by atoms with E-state index in [1.165, 1.54) is 17.8 Å². The molecule has 4 nitrogen and oxygen atoms in total. The van der Waals surface area contributed by atoms with Crippen molar-refractivity contribution in [1.82, 2.24) is 9.88 Å². The Morgan fingerprint density at radius 2 is 2.30 bits per heavy atom. The molecule has 0 aliphatic heterocycles. The highest BCUT2D eigenvalue weighted by Gasteiger charge is 2.35. The zero-order chi connectivity index (χ0) is 14.4. The number of hydrogen-bond donors (Lipinski definition) is 1. The van der Waals surface area contributed by atoms with E-state index in [1.807, 2.05) is 20.0 Å². The van der Waals surface area contributed by atoms with Crippen molar-refractivity contribution < 1.29 is 4.79 Å². The van der Waals surface area contributed by atoms with Crippen LogP contribution in [0.15, 0.2) is 12.3 Å². The lowest BCUT2D eigenvalue weighted by Gasteiger charge is -2.16. The van der Waals surface area contributed by atoms with Crippen molar-refractivity contribution in [2.75, 3.05) is 19.3 Å². The number of fused-ring (bicyclic) bond motifs is 1. The molecule has 0 bridgehead atoms. The SMILES string of the molecule is Cc1ccnc2sc(C(=O)N(C)CC3CC3C)c(N)c12. The number of anilines is 1. The van der Waals surface area contributed by atoms with Gasteiger partial charge in [0, 0.05) is 25.2 Å². The summed E-state index contributed by atoms with van der Waals surface area (Å²) < 4.78 is 0. The Bertz CT molecular complexity index is 679. The van der Waals surface area contributed by atoms with Crippen molar-refractivity contribution in [3.05, 3.63) is 22.7 Å². The van der Waals surface area contributed by atoms with Gasteiger partial charge in [-0.3, -0.25) is 4.79 Å². The number of nitrogen functional groups attached to an aromatic ring is 1. The van der Waals surface area contributed by atoms with Crippen LogP contribution in [0.4, 0.5) is 5.69 Å². The van der Waals surface area contributed by atoms with Crippen molar-refractivity contribution in [2.24, 2.45) is 11.8 Å². The Balaban J connectivity index is 1.91. The average Bonchev–Trinajstić information content (AvgIpc) is 2.97. The number of rotatable bonds is 3. The molecular weight excluding hydrogens is 270 g/mol. The van der Waals surface area contributed by atoms with Crippen molar-refractivity contribution >= 4 is 33.1 Å². The summed E-state index contributed by atoms with van der Waals surface area (Å²) in [6.07, 6.45) is 2.98. The predicted molar refractivity (Wildman–Crippen MR) is 83.0 cm³/mol. The first kappa shape index (κ1) is 13.4. The Labute approximate surface area is 122 Å². The van der Waals surface area contributed by atoms with Gasteiger partial charge in [-0.2, -0.15) is 0 Å². The molecule has 2 N–H and O–H groups in total. The van der Waals surface area contributed by atoms with E-state index in [-0.39, 0.29) is 5.91 Å². The van der Waals surface area contributed by atoms with E-state index < -0.39 is 0 Å². The number of carbonyl (C=O) groups excluding carboxylic acids is 1. The topological polar surface area (TPSA) is 59.2 Å². The molecule has 5 heteroatoms. The van der Waals surface area contributed by atoms with Crippen LogP contribution in [0, 0.1) is 18.8 Å². The lowest BCUT2D eigenvalue weighted by molar-refractivity contribution is 0.0793. The van der Waals surface area contributed by atoms with Gasteiger partial charge in [-0.25, -0.2) is 4.98 Å². The molecule has 2 atom stereocenters. The van der Waals surface area contributed by atoms with Gasteiger partial charge in [-0.1, -0.05) is 6.92 Å². The number of aryl methyl sites for hydroxylation is 1. The maximum Gasteiger partial charge on any atom is 0.265 e. The van der Waals surface area contributed by atoms with Crippen LogP contribution in [-0.4, -0.2) is 29.4 Å². The molecule has 0 spiro atoms. The zero-order valence-electron chi connectivity index (χ0n) is 12.0. The molecule has 3 rings (SSSR count). The first-order valence-corrected chi connectivity index (χ1v) is 7.69. The molecule has 1 amide bonds. The number of thiophene rings is 1. The monoisotopic (exact) mass is 289 g/mol. The Hall–Kier alpha value is -1.62. The molecule has 1 aliphatic rings. The average molecular weight is 289 g/mol. The highest BCUT2D eigenvalue weighted by molar-refractivity contribution is 7.21. The smallest absolute Gasteiger partial charge is 0.265 e. The third kappa shape index (κ3) is 2.16. The number of aromatic nitrogens is 1. The molecular formula is C15H19N3OS. The van der Waals surface area contributed by atoms with Crippen molar-refractivity contribution in [1.29, 1.82) is 0 Å². The van der Waals surface area contributed by atoms with Crippen molar-refractivity contribution in [3.8, 4) is 0 Å². The summed E-state index contributed by atoms with van der Waals surface area (Å²) in [5.74, 6) is 1.41. The van der Waals surface area contributed by atoms with E-state index >= 15 is 0 Å². The molecule has 2 aromatic rings. The van der Waals surface area contributed by atoms with E-state index in [4.69, 9.17) is 5.73 Å². The zero-order valence-corrected chi connectivity index (χ0v) is 12.8. The molecule has 20 heavy (non-hydrogen) atoms. The highest BCUT2D eigenvalue weighted by atomic mass is 32.1. The van der Waals surface area contributed by atoms with Crippen molar-refractivity contribution in [3.63, 3.8) is 0 Å². The standard InChI is InChI=1S/C15H19N3OS/c1-8-4-5-17-14-11(8)12(16)13(20-14)15(19)18(3)7-10-6-9(10)2/h4-5,9-10H,6-7,16H2,1-3H3. The Morgan fingerprint density at radius 3 is 2.90 bits per heavy atom. The molecule has 0 radical (unpaired) electrons. The summed E-state index contributed by atoms with van der Waals surface area (Å²) >= 11 is 1.40. The van der Waals surface area contributed by atoms with Crippen LogP contribution in [0.1, 0.15) is 28.6 Å². The summed E-state index contributed by atoms with van der Waals surface area (Å²) in [5.41, 5.74) is 7.83. The first-order chi connectivity index (χ1) is 9.49. The summed E-state index contributed by atoms with van der Waals surface area (Å²) in [6, 6.07) is 1.93. The van der Waals surface area contributed by atoms with Gasteiger partial charge in [0.25, 0.3) is 5.91 Å². The summed E-state index contributed by atoms with van der Waals surface area (Å²) in [4.78, 5) is 20.1. The molecule has 1 saturated carbocycles. The molecule has 2 heterocycles. The second-order valence-corrected chi connectivity index (χ2v) is 6.81. The van der Waals surface area contributed by atoms with Gasteiger partial charge in [0.15, 0.2) is 0 Å². The number of hydrogen-bond acceptors (Lipinski definition) is 4. The lowest BCUT2D eigenvalue weighted by Crippen LogP contribution is -2.28. The Morgan fingerprint density at radius 1 is 1.60 bits per heavy atom. The van der Waals surface area contributed by atoms with Crippen LogP contribution in [0.25, 0.3) is 10.2 Å². The number of nitrogens with zero attached hydrogens (tertiary/aromatic N) is 2. The molecule has 0 saturated heterocycles. The van der Waals surface area contributed by atoms with Crippen LogP contribution in [-0.2, 0) is 0 Å². The Kier molecular flexibility index (Phi) is 3.17. The predicted octanol–water partition coefficient (Wildman–Crippen LogP) is 2.91. The summed E-state index contributed by atoms with van der Waals surface area (Å²) in [6.45, 7) is 5.04. The normalized spacial score (nSPS) is 21.1. The van der Waals surface area contributed by atoms with E-state index in [0.717, 1.165) is 28.2 Å². The van der Waals surface area contributed by atoms with Crippen molar-refractivity contribution in [2.45, 2.75) is 20.3 Å². The second-order valence-electron chi connectivity index (χ2n) is 5.81. The largest absolute Gasteiger partial charge is 0.397 e. The minimum Gasteiger partial charge on any atom is -0.397 e. The van der Waals surface area contributed by atoms with Gasteiger partial charge in [0.2, 0.25) is 0 Å². The van der Waals surface area contributed by atoms with E-state index in [9.17, 15) is 4.79 Å². The molecule has 2 unspecified atom stereocenters. The quantitative estimate of drug-likeness (QED) is 0.945. The van der Waals surface area contributed by atoms with Gasteiger partial charge in [-0.05, 0) is 36.8 Å². The van der Waals surface area contributed by atoms with Gasteiger partial charge >= 0.3 is 0 Å². The number of carbonyl (C=O) groups is 1. The number of amides is 1. The number of pyridine rings is 1.